The minimum Gasteiger partial charge on any atom is -0.255 e. The summed E-state index contributed by atoms with van der Waals surface area (Å²) in [6.07, 6.45) is 6.86. The molecule has 23 heavy (non-hydrogen) atoms. The Bertz CT molecular complexity index is 784. The normalized spacial score (nSPS) is 16.2. The summed E-state index contributed by atoms with van der Waals surface area (Å²) in [5.41, 5.74) is 1.56. The first kappa shape index (κ1) is 16.7. The molecule has 2 aromatic rings. The number of thioether (sulfide) groups is 1. The second kappa shape index (κ2) is 7.20. The van der Waals surface area contributed by atoms with Gasteiger partial charge in [0.25, 0.3) is 0 Å². The Balaban J connectivity index is 1.69. The van der Waals surface area contributed by atoms with Gasteiger partial charge in [-0.15, -0.1) is 0 Å². The van der Waals surface area contributed by atoms with Crippen molar-refractivity contribution in [3.05, 3.63) is 36.0 Å². The molecular weight excluding hydrogens is 328 g/mol. The fourth-order valence-electron chi connectivity index (χ4n) is 2.99. The van der Waals surface area contributed by atoms with E-state index in [9.17, 15) is 8.42 Å². The van der Waals surface area contributed by atoms with Crippen LogP contribution in [0.25, 0.3) is 10.9 Å². The summed E-state index contributed by atoms with van der Waals surface area (Å²) in [7, 11) is -3.52. The zero-order valence-corrected chi connectivity index (χ0v) is 14.9. The van der Waals surface area contributed by atoms with Crippen LogP contribution in [0.4, 0.5) is 0 Å². The zero-order valence-electron chi connectivity index (χ0n) is 13.3. The Morgan fingerprint density at radius 2 is 2.09 bits per heavy atom. The van der Waals surface area contributed by atoms with Gasteiger partial charge in [-0.1, -0.05) is 25.0 Å². The van der Waals surface area contributed by atoms with E-state index in [0.29, 0.717) is 17.3 Å². The minimum absolute atomic E-state index is 0.265. The Morgan fingerprint density at radius 1 is 1.30 bits per heavy atom. The van der Waals surface area contributed by atoms with Gasteiger partial charge in [-0.05, 0) is 37.5 Å². The predicted octanol–water partition coefficient (Wildman–Crippen LogP) is 3.50. The highest BCUT2D eigenvalue weighted by Crippen LogP contribution is 2.29. The fourth-order valence-corrected chi connectivity index (χ4v) is 5.55. The van der Waals surface area contributed by atoms with Gasteiger partial charge in [0.1, 0.15) is 4.90 Å². The van der Waals surface area contributed by atoms with Gasteiger partial charge in [-0.2, -0.15) is 11.8 Å². The summed E-state index contributed by atoms with van der Waals surface area (Å²) < 4.78 is 27.9. The van der Waals surface area contributed by atoms with Crippen molar-refractivity contribution in [2.75, 3.05) is 12.3 Å². The minimum atomic E-state index is -3.52. The smallest absolute Gasteiger partial charge is 0.242 e. The number of pyridine rings is 1. The van der Waals surface area contributed by atoms with Gasteiger partial charge in [-0.3, -0.25) is 4.98 Å². The average molecular weight is 351 g/mol. The number of rotatable bonds is 6. The highest BCUT2D eigenvalue weighted by Gasteiger charge is 2.19. The number of hydrogen-bond acceptors (Lipinski definition) is 4. The number of aryl methyl sites for hydroxylation is 1. The van der Waals surface area contributed by atoms with Crippen molar-refractivity contribution < 1.29 is 8.42 Å². The molecule has 0 bridgehead atoms. The molecule has 0 atom stereocenters. The topological polar surface area (TPSA) is 59.1 Å². The molecule has 0 amide bonds. The SMILES string of the molecule is Cc1cnc2c(S(=O)(=O)NCCSC3CCCC3)cccc2c1. The van der Waals surface area contributed by atoms with Crippen LogP contribution < -0.4 is 4.72 Å². The van der Waals surface area contributed by atoms with Gasteiger partial charge >= 0.3 is 0 Å². The highest BCUT2D eigenvalue weighted by molar-refractivity contribution is 8.00. The third-order valence-electron chi connectivity index (χ3n) is 4.15. The maximum atomic E-state index is 12.6. The summed E-state index contributed by atoms with van der Waals surface area (Å²) in [6, 6.07) is 7.24. The maximum absolute atomic E-state index is 12.6. The van der Waals surface area contributed by atoms with Crippen molar-refractivity contribution in [2.45, 2.75) is 42.8 Å². The van der Waals surface area contributed by atoms with E-state index in [1.165, 1.54) is 25.7 Å². The molecule has 1 heterocycles. The molecular formula is C17H22N2O2S2. The van der Waals surface area contributed by atoms with Gasteiger partial charge < -0.3 is 0 Å². The molecule has 1 aromatic carbocycles. The lowest BCUT2D eigenvalue weighted by Crippen LogP contribution is -2.26. The van der Waals surface area contributed by atoms with Crippen LogP contribution in [0, 0.1) is 6.92 Å². The third-order valence-corrected chi connectivity index (χ3v) is 7.03. The van der Waals surface area contributed by atoms with Crippen LogP contribution in [-0.2, 0) is 10.0 Å². The first-order valence-electron chi connectivity index (χ1n) is 8.03. The van der Waals surface area contributed by atoms with Crippen LogP contribution in [-0.4, -0.2) is 30.9 Å². The van der Waals surface area contributed by atoms with Crippen molar-refractivity contribution in [1.29, 1.82) is 0 Å². The second-order valence-corrected chi connectivity index (χ2v) is 9.16. The first-order chi connectivity index (χ1) is 11.1. The molecule has 1 aliphatic rings. The monoisotopic (exact) mass is 350 g/mol. The molecule has 0 saturated heterocycles. The van der Waals surface area contributed by atoms with Crippen LogP contribution in [0.5, 0.6) is 0 Å². The molecule has 1 saturated carbocycles. The molecule has 0 spiro atoms. The Labute approximate surface area is 142 Å². The van der Waals surface area contributed by atoms with E-state index in [4.69, 9.17) is 0 Å². The van der Waals surface area contributed by atoms with Gasteiger partial charge in [0, 0.05) is 29.1 Å². The molecule has 6 heteroatoms. The fraction of sp³-hybridized carbons (Fsp3) is 0.471. The standard InChI is InChI=1S/C17H22N2O2S2/c1-13-11-14-5-4-8-16(17(14)18-12-13)23(20,21)19-9-10-22-15-6-2-3-7-15/h4-5,8,11-12,15,19H,2-3,6-7,9-10H2,1H3. The van der Waals surface area contributed by atoms with E-state index < -0.39 is 10.0 Å². The van der Waals surface area contributed by atoms with Gasteiger partial charge in [-0.25, -0.2) is 13.1 Å². The summed E-state index contributed by atoms with van der Waals surface area (Å²) >= 11 is 1.88. The number of nitrogens with one attached hydrogen (secondary N) is 1. The lowest BCUT2D eigenvalue weighted by molar-refractivity contribution is 0.585. The quantitative estimate of drug-likeness (QED) is 0.810. The molecule has 0 radical (unpaired) electrons. The van der Waals surface area contributed by atoms with Crippen LogP contribution in [0.3, 0.4) is 0 Å². The number of nitrogens with zero attached hydrogens (tertiary/aromatic N) is 1. The van der Waals surface area contributed by atoms with Gasteiger partial charge in [0.2, 0.25) is 10.0 Å². The number of hydrogen-bond donors (Lipinski definition) is 1. The molecule has 0 aliphatic heterocycles. The second-order valence-electron chi connectivity index (χ2n) is 6.02. The molecule has 0 unspecified atom stereocenters. The van der Waals surface area contributed by atoms with Gasteiger partial charge in [0.05, 0.1) is 5.52 Å². The lowest BCUT2D eigenvalue weighted by Gasteiger charge is -2.11. The number of sulfonamides is 1. The Morgan fingerprint density at radius 3 is 2.87 bits per heavy atom. The number of fused-ring (bicyclic) bond motifs is 1. The predicted molar refractivity (Wildman–Crippen MR) is 96.4 cm³/mol. The Kier molecular flexibility index (Phi) is 5.24. The highest BCUT2D eigenvalue weighted by atomic mass is 32.2. The summed E-state index contributed by atoms with van der Waals surface area (Å²) in [5, 5.41) is 1.56. The first-order valence-corrected chi connectivity index (χ1v) is 10.6. The van der Waals surface area contributed by atoms with Crippen LogP contribution in [0.1, 0.15) is 31.2 Å². The largest absolute Gasteiger partial charge is 0.255 e. The number of para-hydroxylation sites is 1. The van der Waals surface area contributed by atoms with E-state index >= 15 is 0 Å². The summed E-state index contributed by atoms with van der Waals surface area (Å²) in [5.74, 6) is 0.821. The molecule has 1 N–H and O–H groups in total. The Hall–Kier alpha value is -1.11. The zero-order chi connectivity index (χ0) is 16.3. The molecule has 124 valence electrons. The molecule has 1 aliphatic carbocycles. The van der Waals surface area contributed by atoms with E-state index in [-0.39, 0.29) is 4.90 Å². The average Bonchev–Trinajstić information content (AvgIpc) is 3.04. The maximum Gasteiger partial charge on any atom is 0.242 e. The molecule has 1 fully saturated rings. The van der Waals surface area contributed by atoms with Crippen molar-refractivity contribution >= 4 is 32.7 Å². The van der Waals surface area contributed by atoms with Crippen molar-refractivity contribution in [2.24, 2.45) is 0 Å². The lowest BCUT2D eigenvalue weighted by atomic mass is 10.2. The molecule has 1 aromatic heterocycles. The van der Waals surface area contributed by atoms with E-state index in [1.807, 2.05) is 30.8 Å². The third kappa shape index (κ3) is 4.05. The van der Waals surface area contributed by atoms with E-state index in [0.717, 1.165) is 16.7 Å². The number of benzene rings is 1. The summed E-state index contributed by atoms with van der Waals surface area (Å²) in [6.45, 7) is 2.41. The van der Waals surface area contributed by atoms with Crippen LogP contribution >= 0.6 is 11.8 Å². The summed E-state index contributed by atoms with van der Waals surface area (Å²) in [4.78, 5) is 4.58. The van der Waals surface area contributed by atoms with E-state index in [1.54, 1.807) is 18.3 Å². The van der Waals surface area contributed by atoms with Crippen molar-refractivity contribution in [3.63, 3.8) is 0 Å². The van der Waals surface area contributed by atoms with Gasteiger partial charge in [0.15, 0.2) is 0 Å². The molecule has 3 rings (SSSR count). The van der Waals surface area contributed by atoms with Crippen molar-refractivity contribution in [1.82, 2.24) is 9.71 Å². The van der Waals surface area contributed by atoms with Crippen LogP contribution in [0.2, 0.25) is 0 Å². The van der Waals surface area contributed by atoms with Crippen LogP contribution in [0.15, 0.2) is 35.4 Å². The van der Waals surface area contributed by atoms with Crippen molar-refractivity contribution in [3.8, 4) is 0 Å². The molecule has 4 nitrogen and oxygen atoms in total. The van der Waals surface area contributed by atoms with E-state index in [2.05, 4.69) is 9.71 Å². The number of aromatic nitrogens is 1.